The molecule has 0 atom stereocenters. The van der Waals surface area contributed by atoms with Crippen LogP contribution in [-0.2, 0) is 0 Å². The van der Waals surface area contributed by atoms with Gasteiger partial charge in [0.05, 0.1) is 13.3 Å². The lowest BCUT2D eigenvalue weighted by Gasteiger charge is -2.04. The number of thiocarbonyl (C=S) groups is 1. The minimum Gasteiger partial charge on any atom is -0.507 e. The second kappa shape index (κ2) is 6.68. The summed E-state index contributed by atoms with van der Waals surface area (Å²) in [6.07, 6.45) is 1.50. The van der Waals surface area contributed by atoms with Gasteiger partial charge in [0.15, 0.2) is 0 Å². The van der Waals surface area contributed by atoms with Gasteiger partial charge in [-0.3, -0.25) is 5.43 Å². The number of benzene rings is 2. The molecule has 0 fully saturated rings. The van der Waals surface area contributed by atoms with Crippen molar-refractivity contribution in [2.45, 2.75) is 0 Å². The van der Waals surface area contributed by atoms with Gasteiger partial charge >= 0.3 is 0 Å². The number of rotatable bonds is 4. The van der Waals surface area contributed by atoms with E-state index in [1.165, 1.54) is 12.3 Å². The molecule has 0 heterocycles. The van der Waals surface area contributed by atoms with E-state index in [2.05, 4.69) is 10.5 Å². The third kappa shape index (κ3) is 3.55. The summed E-state index contributed by atoms with van der Waals surface area (Å²) in [5.41, 5.74) is 4.23. The molecule has 102 valence electrons. The molecule has 0 amide bonds. The highest BCUT2D eigenvalue weighted by molar-refractivity contribution is 7.80. The van der Waals surface area contributed by atoms with Crippen LogP contribution in [0.1, 0.15) is 11.1 Å². The molecular weight excluding hydrogens is 272 g/mol. The molecule has 0 unspecified atom stereocenters. The summed E-state index contributed by atoms with van der Waals surface area (Å²) >= 11 is 5.20. The first kappa shape index (κ1) is 14.0. The number of phenols is 1. The van der Waals surface area contributed by atoms with Crippen molar-refractivity contribution in [3.05, 3.63) is 59.7 Å². The van der Waals surface area contributed by atoms with Crippen LogP contribution in [-0.4, -0.2) is 23.4 Å². The lowest BCUT2D eigenvalue weighted by Crippen LogP contribution is -2.16. The van der Waals surface area contributed by atoms with Crippen LogP contribution in [0.3, 0.4) is 0 Å². The maximum Gasteiger partial charge on any atom is 0.128 e. The zero-order chi connectivity index (χ0) is 14.4. The predicted molar refractivity (Wildman–Crippen MR) is 83.5 cm³/mol. The summed E-state index contributed by atoms with van der Waals surface area (Å²) < 4.78 is 5.01. The minimum absolute atomic E-state index is 0.0977. The summed E-state index contributed by atoms with van der Waals surface area (Å²) in [4.78, 5) is 0.523. The van der Waals surface area contributed by atoms with Crippen molar-refractivity contribution in [2.75, 3.05) is 7.11 Å². The highest BCUT2D eigenvalue weighted by Gasteiger charge is 2.01. The molecule has 20 heavy (non-hydrogen) atoms. The fourth-order valence-corrected chi connectivity index (χ4v) is 1.76. The summed E-state index contributed by atoms with van der Waals surface area (Å²) in [6.45, 7) is 0. The number of methoxy groups -OCH3 is 1. The van der Waals surface area contributed by atoms with E-state index in [4.69, 9.17) is 17.0 Å². The number of ether oxygens (including phenoxy) is 1. The molecule has 0 saturated carbocycles. The van der Waals surface area contributed by atoms with Crippen molar-refractivity contribution in [2.24, 2.45) is 5.10 Å². The molecule has 2 N–H and O–H groups in total. The van der Waals surface area contributed by atoms with E-state index in [1.54, 1.807) is 19.2 Å². The van der Waals surface area contributed by atoms with Gasteiger partial charge in [0.1, 0.15) is 16.5 Å². The number of hydrogen-bond acceptors (Lipinski definition) is 4. The predicted octanol–water partition coefficient (Wildman–Crippen LogP) is 2.70. The monoisotopic (exact) mass is 286 g/mol. The van der Waals surface area contributed by atoms with Crippen molar-refractivity contribution in [3.63, 3.8) is 0 Å². The second-order valence-electron chi connectivity index (χ2n) is 3.99. The Balaban J connectivity index is 2.02. The molecule has 2 aromatic carbocycles. The third-order valence-corrected chi connectivity index (χ3v) is 2.97. The average Bonchev–Trinajstić information content (AvgIpc) is 2.49. The Labute approximate surface area is 122 Å². The lowest BCUT2D eigenvalue weighted by molar-refractivity contribution is 0.407. The first-order valence-corrected chi connectivity index (χ1v) is 6.37. The van der Waals surface area contributed by atoms with Crippen LogP contribution in [0, 0.1) is 0 Å². The maximum absolute atomic E-state index is 9.77. The van der Waals surface area contributed by atoms with E-state index in [0.717, 1.165) is 5.56 Å². The summed E-state index contributed by atoms with van der Waals surface area (Å²) in [7, 11) is 1.54. The van der Waals surface area contributed by atoms with E-state index in [9.17, 15) is 5.11 Å². The van der Waals surface area contributed by atoms with E-state index >= 15 is 0 Å². The van der Waals surface area contributed by atoms with Crippen molar-refractivity contribution >= 4 is 23.4 Å². The van der Waals surface area contributed by atoms with Crippen molar-refractivity contribution in [1.82, 2.24) is 5.43 Å². The maximum atomic E-state index is 9.77. The quantitative estimate of drug-likeness (QED) is 0.515. The van der Waals surface area contributed by atoms with Crippen LogP contribution in [0.4, 0.5) is 0 Å². The molecule has 0 spiro atoms. The van der Waals surface area contributed by atoms with E-state index in [-0.39, 0.29) is 5.75 Å². The first-order chi connectivity index (χ1) is 9.70. The SMILES string of the molecule is COc1ccc(C=NNC(=S)c2ccccc2)c(O)c1. The number of hydrazone groups is 1. The molecule has 0 aromatic heterocycles. The molecular formula is C15H14N2O2S. The van der Waals surface area contributed by atoms with Crippen LogP contribution in [0.25, 0.3) is 0 Å². The van der Waals surface area contributed by atoms with Crippen LogP contribution >= 0.6 is 12.2 Å². The Kier molecular flexibility index (Phi) is 4.68. The van der Waals surface area contributed by atoms with E-state index in [1.807, 2.05) is 30.3 Å². The standard InChI is InChI=1S/C15H14N2O2S/c1-19-13-8-7-12(14(18)9-13)10-16-17-15(20)11-5-3-2-4-6-11/h2-10,18H,1H3,(H,17,20). The Bertz CT molecular complexity index is 627. The smallest absolute Gasteiger partial charge is 0.128 e. The molecule has 0 aliphatic carbocycles. The lowest BCUT2D eigenvalue weighted by atomic mass is 10.2. The highest BCUT2D eigenvalue weighted by Crippen LogP contribution is 2.21. The number of phenolic OH excluding ortho intramolecular Hbond substituents is 1. The summed E-state index contributed by atoms with van der Waals surface area (Å²) in [5.74, 6) is 0.688. The molecule has 5 heteroatoms. The Morgan fingerprint density at radius 2 is 2.00 bits per heavy atom. The van der Waals surface area contributed by atoms with Crippen molar-refractivity contribution < 1.29 is 9.84 Å². The Morgan fingerprint density at radius 3 is 2.65 bits per heavy atom. The molecule has 0 bridgehead atoms. The zero-order valence-corrected chi connectivity index (χ0v) is 11.7. The number of nitrogens with one attached hydrogen (secondary N) is 1. The number of aromatic hydroxyl groups is 1. The molecule has 2 aromatic rings. The van der Waals surface area contributed by atoms with Crippen molar-refractivity contribution in [3.8, 4) is 11.5 Å². The van der Waals surface area contributed by atoms with Gasteiger partial charge in [-0.25, -0.2) is 0 Å². The fourth-order valence-electron chi connectivity index (χ4n) is 1.57. The van der Waals surface area contributed by atoms with Gasteiger partial charge in [-0.2, -0.15) is 5.10 Å². The molecule has 0 radical (unpaired) electrons. The first-order valence-electron chi connectivity index (χ1n) is 5.96. The normalized spacial score (nSPS) is 10.4. The van der Waals surface area contributed by atoms with Crippen LogP contribution in [0.2, 0.25) is 0 Å². The van der Waals surface area contributed by atoms with Gasteiger partial charge in [-0.05, 0) is 12.1 Å². The van der Waals surface area contributed by atoms with Gasteiger partial charge in [0, 0.05) is 17.2 Å². The number of nitrogens with zero attached hydrogens (tertiary/aromatic N) is 1. The molecule has 0 aliphatic heterocycles. The Morgan fingerprint density at radius 1 is 1.25 bits per heavy atom. The fraction of sp³-hybridized carbons (Fsp3) is 0.0667. The van der Waals surface area contributed by atoms with Gasteiger partial charge in [0.25, 0.3) is 0 Å². The molecule has 4 nitrogen and oxygen atoms in total. The molecule has 0 saturated heterocycles. The van der Waals surface area contributed by atoms with Crippen molar-refractivity contribution in [1.29, 1.82) is 0 Å². The van der Waals surface area contributed by atoms with E-state index in [0.29, 0.717) is 16.3 Å². The summed E-state index contributed by atoms with van der Waals surface area (Å²) in [5, 5.41) is 13.8. The van der Waals surface area contributed by atoms with Gasteiger partial charge in [0.2, 0.25) is 0 Å². The van der Waals surface area contributed by atoms with E-state index < -0.39 is 0 Å². The molecule has 0 aliphatic rings. The van der Waals surface area contributed by atoms with Gasteiger partial charge in [-0.15, -0.1) is 0 Å². The summed E-state index contributed by atoms with van der Waals surface area (Å²) in [6, 6.07) is 14.5. The zero-order valence-electron chi connectivity index (χ0n) is 10.9. The topological polar surface area (TPSA) is 53.8 Å². The number of hydrogen-bond donors (Lipinski definition) is 2. The molecule has 2 rings (SSSR count). The Hall–Kier alpha value is -2.40. The van der Waals surface area contributed by atoms with Crippen LogP contribution in [0.15, 0.2) is 53.6 Å². The second-order valence-corrected chi connectivity index (χ2v) is 4.40. The minimum atomic E-state index is 0.0977. The average molecular weight is 286 g/mol. The largest absolute Gasteiger partial charge is 0.507 e. The van der Waals surface area contributed by atoms with Gasteiger partial charge < -0.3 is 9.84 Å². The highest BCUT2D eigenvalue weighted by atomic mass is 32.1. The van der Waals surface area contributed by atoms with Crippen LogP contribution in [0.5, 0.6) is 11.5 Å². The van der Waals surface area contributed by atoms with Crippen LogP contribution < -0.4 is 10.2 Å². The third-order valence-electron chi connectivity index (χ3n) is 2.64. The van der Waals surface area contributed by atoms with Gasteiger partial charge in [-0.1, -0.05) is 42.5 Å².